The second kappa shape index (κ2) is 13.9. The van der Waals surface area contributed by atoms with E-state index in [-0.39, 0.29) is 12.7 Å². The van der Waals surface area contributed by atoms with E-state index in [1.165, 1.54) is 13.8 Å². The fraction of sp³-hybridized carbons (Fsp3) is 0.370. The van der Waals surface area contributed by atoms with Gasteiger partial charge in [0.05, 0.1) is 6.10 Å². The lowest BCUT2D eigenvalue weighted by Gasteiger charge is -2.24. The summed E-state index contributed by atoms with van der Waals surface area (Å²) in [4.78, 5) is 61.6. The number of carbonyl (C=O) groups is 5. The molecule has 0 bridgehead atoms. The lowest BCUT2D eigenvalue weighted by Crippen LogP contribution is -2.57. The Morgan fingerprint density at radius 3 is 2.10 bits per heavy atom. The van der Waals surface area contributed by atoms with Crippen LogP contribution >= 0.6 is 0 Å². The third kappa shape index (κ3) is 9.42. The van der Waals surface area contributed by atoms with E-state index in [2.05, 4.69) is 16.1 Å². The second-order valence-corrected chi connectivity index (χ2v) is 9.14. The number of ether oxygens (including phenoxy) is 2. The molecule has 5 amide bonds. The lowest BCUT2D eigenvalue weighted by atomic mass is 10.1. The van der Waals surface area contributed by atoms with Crippen molar-refractivity contribution < 1.29 is 33.4 Å². The lowest BCUT2D eigenvalue weighted by molar-refractivity contribution is -0.145. The Hall–Kier alpha value is -4.45. The molecule has 2 aromatic carbocycles. The highest BCUT2D eigenvalue weighted by Gasteiger charge is 2.47. The summed E-state index contributed by atoms with van der Waals surface area (Å²) in [6, 6.07) is 16.6. The van der Waals surface area contributed by atoms with Crippen LogP contribution in [0.25, 0.3) is 0 Å². The monoisotopic (exact) mass is 539 g/mol. The Balaban J connectivity index is 1.45. The molecular weight excluding hydrogens is 506 g/mol. The summed E-state index contributed by atoms with van der Waals surface area (Å²) < 4.78 is 10.6. The Labute approximate surface area is 226 Å². The normalized spacial score (nSPS) is 17.2. The predicted octanol–water partition coefficient (Wildman–Crippen LogP) is 0.551. The Kier molecular flexibility index (Phi) is 10.4. The van der Waals surface area contributed by atoms with Gasteiger partial charge in [-0.25, -0.2) is 9.80 Å². The first-order valence-corrected chi connectivity index (χ1v) is 12.5. The van der Waals surface area contributed by atoms with Crippen molar-refractivity contribution in [3.8, 4) is 0 Å². The zero-order chi connectivity index (χ0) is 28.4. The van der Waals surface area contributed by atoms with E-state index in [0.29, 0.717) is 12.8 Å². The Bertz CT molecular complexity index is 1160. The number of nitrogens with one attached hydrogen (secondary N) is 3. The van der Waals surface area contributed by atoms with Gasteiger partial charge in [0.2, 0.25) is 11.8 Å². The molecule has 0 spiro atoms. The first kappa shape index (κ1) is 29.1. The Morgan fingerprint density at radius 2 is 1.49 bits per heavy atom. The third-order valence-corrected chi connectivity index (χ3v) is 5.90. The van der Waals surface area contributed by atoms with Gasteiger partial charge in [-0.2, -0.15) is 0 Å². The molecule has 2 aromatic rings. The van der Waals surface area contributed by atoms with E-state index in [9.17, 15) is 24.0 Å². The first-order chi connectivity index (χ1) is 18.6. The number of primary amides is 1. The molecule has 0 aliphatic carbocycles. The average molecular weight is 540 g/mol. The molecule has 5 N–H and O–H groups in total. The molecule has 4 atom stereocenters. The number of hydrogen-bond donors (Lipinski definition) is 4. The van der Waals surface area contributed by atoms with E-state index in [4.69, 9.17) is 15.2 Å². The minimum atomic E-state index is -1.11. The summed E-state index contributed by atoms with van der Waals surface area (Å²) >= 11 is 0. The molecule has 1 fully saturated rings. The van der Waals surface area contributed by atoms with E-state index in [1.807, 2.05) is 36.4 Å². The van der Waals surface area contributed by atoms with Gasteiger partial charge in [0.15, 0.2) is 6.10 Å². The topological polar surface area (TPSA) is 172 Å². The van der Waals surface area contributed by atoms with Crippen molar-refractivity contribution in [1.29, 1.82) is 0 Å². The predicted molar refractivity (Wildman–Crippen MR) is 139 cm³/mol. The average Bonchev–Trinajstić information content (AvgIpc) is 3.70. The van der Waals surface area contributed by atoms with Crippen LogP contribution < -0.4 is 21.8 Å². The van der Waals surface area contributed by atoms with Gasteiger partial charge in [-0.15, -0.1) is 0 Å². The molecule has 0 saturated carbocycles. The summed E-state index contributed by atoms with van der Waals surface area (Å²) in [7, 11) is 0. The van der Waals surface area contributed by atoms with Crippen LogP contribution in [0.1, 0.15) is 31.4 Å². The molecule has 1 heterocycles. The van der Waals surface area contributed by atoms with Gasteiger partial charge in [0.1, 0.15) is 25.2 Å². The van der Waals surface area contributed by atoms with Crippen molar-refractivity contribution in [3.63, 3.8) is 0 Å². The minimum absolute atomic E-state index is 0.0291. The summed E-state index contributed by atoms with van der Waals surface area (Å²) in [6.45, 7) is 2.27. The molecular formula is C27H33N5O7. The van der Waals surface area contributed by atoms with Crippen LogP contribution in [0.2, 0.25) is 0 Å². The van der Waals surface area contributed by atoms with Crippen molar-refractivity contribution in [1.82, 2.24) is 21.1 Å². The van der Waals surface area contributed by atoms with Crippen LogP contribution in [0, 0.1) is 0 Å². The second-order valence-electron chi connectivity index (χ2n) is 9.14. The number of amides is 5. The largest absolute Gasteiger partial charge is 0.445 e. The van der Waals surface area contributed by atoms with Crippen LogP contribution in [0.15, 0.2) is 60.7 Å². The number of benzene rings is 2. The van der Waals surface area contributed by atoms with Gasteiger partial charge in [-0.3, -0.25) is 24.6 Å². The van der Waals surface area contributed by atoms with Crippen molar-refractivity contribution in [3.05, 3.63) is 71.8 Å². The van der Waals surface area contributed by atoms with Crippen LogP contribution in [0.4, 0.5) is 4.79 Å². The van der Waals surface area contributed by atoms with Gasteiger partial charge < -0.3 is 25.8 Å². The van der Waals surface area contributed by atoms with Gasteiger partial charge in [-0.1, -0.05) is 60.7 Å². The molecule has 1 saturated heterocycles. The van der Waals surface area contributed by atoms with Crippen molar-refractivity contribution in [2.45, 2.75) is 57.6 Å². The fourth-order valence-corrected chi connectivity index (χ4v) is 3.66. The number of hydrogen-bond acceptors (Lipinski definition) is 7. The maximum Gasteiger partial charge on any atom is 0.408 e. The van der Waals surface area contributed by atoms with Crippen molar-refractivity contribution in [2.24, 2.45) is 5.73 Å². The van der Waals surface area contributed by atoms with Crippen molar-refractivity contribution in [2.75, 3.05) is 6.54 Å². The minimum Gasteiger partial charge on any atom is -0.445 e. The molecule has 0 unspecified atom stereocenters. The summed E-state index contributed by atoms with van der Waals surface area (Å²) in [5, 5.41) is 5.62. The number of aryl methyl sites for hydroxylation is 1. The maximum atomic E-state index is 12.9. The van der Waals surface area contributed by atoms with Crippen molar-refractivity contribution >= 4 is 29.7 Å². The number of rotatable bonds is 12. The van der Waals surface area contributed by atoms with Crippen LogP contribution in [-0.2, 0) is 41.7 Å². The number of epoxide rings is 1. The van der Waals surface area contributed by atoms with Crippen LogP contribution in [-0.4, -0.2) is 65.6 Å². The molecule has 0 aromatic heterocycles. The quantitative estimate of drug-likeness (QED) is 0.225. The fourth-order valence-electron chi connectivity index (χ4n) is 3.66. The SMILES string of the molecule is C[C@H](NC(=O)OCc1ccccc1)C(=O)N[C@@H](C)C(=O)NN(CC(N)=O)C(=O)[C@@H]1O[C@H]1CCc1ccccc1. The van der Waals surface area contributed by atoms with Gasteiger partial charge in [0, 0.05) is 0 Å². The number of alkyl carbamates (subject to hydrolysis) is 1. The van der Waals surface area contributed by atoms with E-state index in [1.54, 1.807) is 24.3 Å². The van der Waals surface area contributed by atoms with Gasteiger partial charge in [0.25, 0.3) is 11.8 Å². The molecule has 208 valence electrons. The van der Waals surface area contributed by atoms with Crippen LogP contribution in [0.3, 0.4) is 0 Å². The molecule has 12 heteroatoms. The highest BCUT2D eigenvalue weighted by Crippen LogP contribution is 2.28. The third-order valence-electron chi connectivity index (χ3n) is 5.90. The molecule has 39 heavy (non-hydrogen) atoms. The Morgan fingerprint density at radius 1 is 0.897 bits per heavy atom. The summed E-state index contributed by atoms with van der Waals surface area (Å²) in [5.74, 6) is -2.88. The number of nitrogens with zero attached hydrogens (tertiary/aromatic N) is 1. The van der Waals surface area contributed by atoms with E-state index >= 15 is 0 Å². The first-order valence-electron chi connectivity index (χ1n) is 12.5. The molecule has 12 nitrogen and oxygen atoms in total. The smallest absolute Gasteiger partial charge is 0.408 e. The maximum absolute atomic E-state index is 12.9. The highest BCUT2D eigenvalue weighted by molar-refractivity contribution is 5.93. The standard InChI is InChI=1S/C27H33N5O7/c1-17(30-27(37)38-16-20-11-7-4-8-12-20)24(34)29-18(2)25(35)31-32(15-22(28)33)26(36)23-21(39-23)14-13-19-9-5-3-6-10-19/h3-12,17-18,21,23H,13-16H2,1-2H3,(H2,28,33)(H,29,34)(H,30,37)(H,31,35)/t17-,18-,21-,23+/m0/s1. The summed E-state index contributed by atoms with van der Waals surface area (Å²) in [5.41, 5.74) is 9.46. The van der Waals surface area contributed by atoms with E-state index in [0.717, 1.165) is 16.1 Å². The van der Waals surface area contributed by atoms with Gasteiger partial charge in [-0.05, 0) is 37.8 Å². The molecule has 3 rings (SSSR count). The molecule has 1 aliphatic rings. The zero-order valence-electron chi connectivity index (χ0n) is 21.8. The number of hydrazine groups is 1. The molecule has 0 radical (unpaired) electrons. The number of carbonyl (C=O) groups excluding carboxylic acids is 5. The number of nitrogens with two attached hydrogens (primary N) is 1. The highest BCUT2D eigenvalue weighted by atomic mass is 16.6. The van der Waals surface area contributed by atoms with E-state index < -0.39 is 54.5 Å². The molecule has 1 aliphatic heterocycles. The van der Waals surface area contributed by atoms with Gasteiger partial charge >= 0.3 is 6.09 Å². The van der Waals surface area contributed by atoms with Crippen LogP contribution in [0.5, 0.6) is 0 Å². The zero-order valence-corrected chi connectivity index (χ0v) is 21.8. The summed E-state index contributed by atoms with van der Waals surface area (Å²) in [6.07, 6.45) is -0.681.